The molecule has 6 heteroatoms. The Kier molecular flexibility index (Phi) is 5.86. The van der Waals surface area contributed by atoms with Crippen LogP contribution in [0.2, 0.25) is 0 Å². The number of carbonyl (C=O) groups is 1. The van der Waals surface area contributed by atoms with Crippen molar-refractivity contribution in [3.63, 3.8) is 0 Å². The topological polar surface area (TPSA) is 61.4 Å². The van der Waals surface area contributed by atoms with Gasteiger partial charge in [-0.1, -0.05) is 12.5 Å². The SMILES string of the molecule is CN(C[C@@H]1CCCN2CCCC[C@H]12)C(=O)c1cccc(Nc2ncccn2)c1. The second-order valence-corrected chi connectivity index (χ2v) is 7.97. The van der Waals surface area contributed by atoms with Gasteiger partial charge in [-0.2, -0.15) is 0 Å². The number of piperidine rings is 2. The summed E-state index contributed by atoms with van der Waals surface area (Å²) in [6.07, 6.45) is 9.79. The van der Waals surface area contributed by atoms with E-state index in [1.807, 2.05) is 36.2 Å². The van der Waals surface area contributed by atoms with Gasteiger partial charge in [0.15, 0.2) is 0 Å². The Labute approximate surface area is 167 Å². The molecular weight excluding hydrogens is 350 g/mol. The number of hydrogen-bond donors (Lipinski definition) is 1. The third kappa shape index (κ3) is 4.33. The van der Waals surface area contributed by atoms with E-state index >= 15 is 0 Å². The van der Waals surface area contributed by atoms with Gasteiger partial charge in [-0.3, -0.25) is 4.79 Å². The number of carbonyl (C=O) groups excluding carboxylic acids is 1. The molecule has 2 fully saturated rings. The van der Waals surface area contributed by atoms with Crippen molar-refractivity contribution in [3.8, 4) is 0 Å². The van der Waals surface area contributed by atoms with E-state index in [1.54, 1.807) is 18.5 Å². The van der Waals surface area contributed by atoms with E-state index < -0.39 is 0 Å². The maximum Gasteiger partial charge on any atom is 0.253 e. The minimum absolute atomic E-state index is 0.0746. The summed E-state index contributed by atoms with van der Waals surface area (Å²) in [6.45, 7) is 3.29. The van der Waals surface area contributed by atoms with Crippen molar-refractivity contribution >= 4 is 17.5 Å². The monoisotopic (exact) mass is 379 g/mol. The number of rotatable bonds is 5. The van der Waals surface area contributed by atoms with E-state index in [2.05, 4.69) is 20.2 Å². The van der Waals surface area contributed by atoms with Gasteiger partial charge in [0.05, 0.1) is 0 Å². The second kappa shape index (κ2) is 8.69. The fourth-order valence-electron chi connectivity index (χ4n) is 4.67. The van der Waals surface area contributed by atoms with E-state index in [4.69, 9.17) is 0 Å². The average molecular weight is 380 g/mol. The highest BCUT2D eigenvalue weighted by molar-refractivity contribution is 5.95. The molecule has 0 bridgehead atoms. The molecule has 0 spiro atoms. The van der Waals surface area contributed by atoms with Crippen molar-refractivity contribution in [1.29, 1.82) is 0 Å². The van der Waals surface area contributed by atoms with E-state index in [0.29, 0.717) is 23.5 Å². The lowest BCUT2D eigenvalue weighted by Crippen LogP contribution is -2.51. The first-order chi connectivity index (χ1) is 13.7. The lowest BCUT2D eigenvalue weighted by molar-refractivity contribution is 0.0403. The van der Waals surface area contributed by atoms with Crippen LogP contribution in [0.25, 0.3) is 0 Å². The Balaban J connectivity index is 1.41. The van der Waals surface area contributed by atoms with Gasteiger partial charge in [0, 0.05) is 43.3 Å². The molecule has 0 saturated carbocycles. The Morgan fingerprint density at radius 2 is 1.96 bits per heavy atom. The van der Waals surface area contributed by atoms with Gasteiger partial charge in [-0.25, -0.2) is 9.97 Å². The van der Waals surface area contributed by atoms with Crippen molar-refractivity contribution in [2.45, 2.75) is 38.1 Å². The molecule has 148 valence electrons. The van der Waals surface area contributed by atoms with E-state index in [1.165, 1.54) is 45.2 Å². The lowest BCUT2D eigenvalue weighted by atomic mass is 9.83. The molecule has 4 rings (SSSR count). The third-order valence-corrected chi connectivity index (χ3v) is 6.02. The van der Waals surface area contributed by atoms with Gasteiger partial charge in [0.25, 0.3) is 5.91 Å². The Morgan fingerprint density at radius 1 is 1.14 bits per heavy atom. The highest BCUT2D eigenvalue weighted by Crippen LogP contribution is 2.31. The number of hydrogen-bond acceptors (Lipinski definition) is 5. The fourth-order valence-corrected chi connectivity index (χ4v) is 4.67. The number of amides is 1. The predicted molar refractivity (Wildman–Crippen MR) is 111 cm³/mol. The van der Waals surface area contributed by atoms with Crippen LogP contribution in [-0.2, 0) is 0 Å². The molecule has 1 aromatic heterocycles. The average Bonchev–Trinajstić information content (AvgIpc) is 2.74. The van der Waals surface area contributed by atoms with Crippen molar-refractivity contribution < 1.29 is 4.79 Å². The van der Waals surface area contributed by atoms with Crippen molar-refractivity contribution in [1.82, 2.24) is 19.8 Å². The highest BCUT2D eigenvalue weighted by atomic mass is 16.2. The molecule has 2 saturated heterocycles. The number of benzene rings is 1. The standard InChI is InChI=1S/C22H29N5O/c1-26(16-18-8-5-14-27-13-3-2-10-20(18)27)21(28)17-7-4-9-19(15-17)25-22-23-11-6-12-24-22/h4,6-7,9,11-12,15,18,20H,2-3,5,8,10,13-14,16H2,1H3,(H,23,24,25)/t18-,20+/m0/s1. The zero-order valence-electron chi connectivity index (χ0n) is 16.6. The minimum Gasteiger partial charge on any atom is -0.341 e. The maximum atomic E-state index is 13.0. The van der Waals surface area contributed by atoms with Crippen molar-refractivity contribution in [2.75, 3.05) is 32.0 Å². The second-order valence-electron chi connectivity index (χ2n) is 7.97. The molecule has 1 amide bonds. The Hall–Kier alpha value is -2.47. The van der Waals surface area contributed by atoms with Crippen molar-refractivity contribution in [3.05, 3.63) is 48.3 Å². The summed E-state index contributed by atoms with van der Waals surface area (Å²) in [6, 6.07) is 10.0. The summed E-state index contributed by atoms with van der Waals surface area (Å²) in [7, 11) is 1.94. The van der Waals surface area contributed by atoms with Crippen LogP contribution in [0.4, 0.5) is 11.6 Å². The maximum absolute atomic E-state index is 13.0. The van der Waals surface area contributed by atoms with E-state index in [-0.39, 0.29) is 5.91 Å². The number of aromatic nitrogens is 2. The molecule has 0 unspecified atom stereocenters. The molecule has 2 atom stereocenters. The van der Waals surface area contributed by atoms with Crippen LogP contribution in [0, 0.1) is 5.92 Å². The number of anilines is 2. The predicted octanol–water partition coefficient (Wildman–Crippen LogP) is 3.56. The molecule has 2 aliphatic rings. The number of nitrogens with one attached hydrogen (secondary N) is 1. The Morgan fingerprint density at radius 3 is 2.82 bits per heavy atom. The first-order valence-corrected chi connectivity index (χ1v) is 10.3. The molecule has 1 aromatic carbocycles. The van der Waals surface area contributed by atoms with Gasteiger partial charge >= 0.3 is 0 Å². The van der Waals surface area contributed by atoms with E-state index in [0.717, 1.165) is 12.2 Å². The first kappa shape index (κ1) is 18.9. The molecule has 0 aliphatic carbocycles. The van der Waals surface area contributed by atoms with Crippen LogP contribution in [0.3, 0.4) is 0 Å². The van der Waals surface area contributed by atoms with Crippen molar-refractivity contribution in [2.24, 2.45) is 5.92 Å². The molecule has 28 heavy (non-hydrogen) atoms. The summed E-state index contributed by atoms with van der Waals surface area (Å²) in [5, 5.41) is 3.16. The van der Waals surface area contributed by atoms with E-state index in [9.17, 15) is 4.79 Å². The largest absolute Gasteiger partial charge is 0.341 e. The van der Waals surface area contributed by atoms with Gasteiger partial charge in [-0.05, 0) is 69.0 Å². The summed E-state index contributed by atoms with van der Waals surface area (Å²) >= 11 is 0. The molecule has 0 radical (unpaired) electrons. The van der Waals surface area contributed by atoms with Crippen LogP contribution in [0.1, 0.15) is 42.5 Å². The molecule has 2 aromatic rings. The number of nitrogens with zero attached hydrogens (tertiary/aromatic N) is 4. The van der Waals surface area contributed by atoms with Gasteiger partial charge < -0.3 is 15.1 Å². The first-order valence-electron chi connectivity index (χ1n) is 10.3. The molecule has 3 heterocycles. The Bertz CT molecular complexity index is 795. The van der Waals surface area contributed by atoms with Crippen LogP contribution in [0.15, 0.2) is 42.7 Å². The molecule has 6 nitrogen and oxygen atoms in total. The van der Waals surface area contributed by atoms with Crippen LogP contribution >= 0.6 is 0 Å². The van der Waals surface area contributed by atoms with Gasteiger partial charge in [-0.15, -0.1) is 0 Å². The molecule has 1 N–H and O–H groups in total. The third-order valence-electron chi connectivity index (χ3n) is 6.02. The summed E-state index contributed by atoms with van der Waals surface area (Å²) in [5.74, 6) is 1.19. The minimum atomic E-state index is 0.0746. The molecular formula is C22H29N5O. The van der Waals surface area contributed by atoms with Gasteiger partial charge in [0.1, 0.15) is 0 Å². The highest BCUT2D eigenvalue weighted by Gasteiger charge is 2.34. The zero-order chi connectivity index (χ0) is 19.3. The van der Waals surface area contributed by atoms with Crippen LogP contribution < -0.4 is 5.32 Å². The van der Waals surface area contributed by atoms with Crippen LogP contribution in [0.5, 0.6) is 0 Å². The normalized spacial score (nSPS) is 22.3. The zero-order valence-corrected chi connectivity index (χ0v) is 16.6. The van der Waals surface area contributed by atoms with Crippen LogP contribution in [-0.4, -0.2) is 58.4 Å². The molecule has 2 aliphatic heterocycles. The summed E-state index contributed by atoms with van der Waals surface area (Å²) in [4.78, 5) is 25.9. The summed E-state index contributed by atoms with van der Waals surface area (Å²) in [5.41, 5.74) is 1.52. The smallest absolute Gasteiger partial charge is 0.253 e. The van der Waals surface area contributed by atoms with Gasteiger partial charge in [0.2, 0.25) is 5.95 Å². The summed E-state index contributed by atoms with van der Waals surface area (Å²) < 4.78 is 0. The quantitative estimate of drug-likeness (QED) is 0.861. The fraction of sp³-hybridized carbons (Fsp3) is 0.500. The lowest BCUT2D eigenvalue weighted by Gasteiger charge is -2.45. The number of fused-ring (bicyclic) bond motifs is 1.